The Bertz CT molecular complexity index is 1310. The number of hydrogen-bond donors (Lipinski definition) is 3. The summed E-state index contributed by atoms with van der Waals surface area (Å²) in [5.74, 6) is -1.47. The number of allylic oxidation sites excluding steroid dienone is 1. The summed E-state index contributed by atoms with van der Waals surface area (Å²) in [6, 6.07) is 11.8. The molecule has 2 aromatic carbocycles. The van der Waals surface area contributed by atoms with Crippen LogP contribution >= 0.6 is 23.2 Å². The maximum Gasteiger partial charge on any atom is 0.240 e. The summed E-state index contributed by atoms with van der Waals surface area (Å²) in [4.78, 5) is 42.8. The van der Waals surface area contributed by atoms with Crippen LogP contribution in [0.25, 0.3) is 0 Å². The van der Waals surface area contributed by atoms with Gasteiger partial charge in [-0.2, -0.15) is 0 Å². The lowest BCUT2D eigenvalue weighted by Crippen LogP contribution is -2.65. The molecule has 2 aliphatic heterocycles. The van der Waals surface area contributed by atoms with Crippen LogP contribution in [0.15, 0.2) is 54.1 Å². The summed E-state index contributed by atoms with van der Waals surface area (Å²) in [6.07, 6.45) is 2.49. The normalized spacial score (nSPS) is 23.4. The van der Waals surface area contributed by atoms with Crippen LogP contribution < -0.4 is 10.6 Å². The smallest absolute Gasteiger partial charge is 0.240 e. The molecular weight excluding hydrogens is 525 g/mol. The summed E-state index contributed by atoms with van der Waals surface area (Å²) < 4.78 is 0. The second-order valence-corrected chi connectivity index (χ2v) is 11.4. The zero-order valence-corrected chi connectivity index (χ0v) is 23.5. The number of nitrogens with zero attached hydrogens (tertiary/aromatic N) is 1. The Morgan fingerprint density at radius 3 is 2.55 bits per heavy atom. The number of hydrogen-bond acceptors (Lipinski definition) is 4. The van der Waals surface area contributed by atoms with E-state index in [2.05, 4.69) is 10.6 Å². The minimum Gasteiger partial charge on any atom is -0.394 e. The molecule has 0 aliphatic carbocycles. The molecule has 7 nitrogen and oxygen atoms in total. The first-order valence-corrected chi connectivity index (χ1v) is 13.5. The van der Waals surface area contributed by atoms with Crippen LogP contribution in [0.1, 0.15) is 57.6 Å². The molecule has 2 aromatic rings. The molecule has 3 amide bonds. The standard InChI is InChI=1S/C29H33Cl2N3O4/c1-5-17(6-2)26-29(21-11-10-20(31)13-23(21)32-27(29)38)22(18-8-7-9-19(30)12-18)14-25(37)34(26)15-24(36)33-28(3,4)16-35/h5,7-13,22,26,35H,6,14-16H2,1-4H3,(H,32,38)(H,33,36)/t22-,26?,29?/m0/s1. The van der Waals surface area contributed by atoms with Crippen molar-refractivity contribution in [1.29, 1.82) is 0 Å². The molecule has 1 saturated heterocycles. The van der Waals surface area contributed by atoms with Crippen molar-refractivity contribution in [2.45, 2.75) is 63.5 Å². The highest BCUT2D eigenvalue weighted by atomic mass is 35.5. The van der Waals surface area contributed by atoms with E-state index < -0.39 is 28.8 Å². The van der Waals surface area contributed by atoms with Crippen molar-refractivity contribution in [2.75, 3.05) is 18.5 Å². The third-order valence-corrected chi connectivity index (χ3v) is 8.08. The van der Waals surface area contributed by atoms with Gasteiger partial charge in [0.1, 0.15) is 12.0 Å². The van der Waals surface area contributed by atoms with Gasteiger partial charge in [0.05, 0.1) is 18.2 Å². The molecule has 2 aliphatic rings. The molecule has 1 spiro atoms. The predicted octanol–water partition coefficient (Wildman–Crippen LogP) is 4.81. The predicted molar refractivity (Wildman–Crippen MR) is 149 cm³/mol. The lowest BCUT2D eigenvalue weighted by Gasteiger charge is -2.52. The number of aliphatic hydroxyl groups excluding tert-OH is 1. The zero-order valence-electron chi connectivity index (χ0n) is 22.0. The van der Waals surface area contributed by atoms with E-state index in [-0.39, 0.29) is 31.4 Å². The summed E-state index contributed by atoms with van der Waals surface area (Å²) in [6.45, 7) is 6.73. The van der Waals surface area contributed by atoms with Crippen LogP contribution in [0.4, 0.5) is 5.69 Å². The fourth-order valence-corrected chi connectivity index (χ4v) is 6.29. The molecule has 0 bridgehead atoms. The molecule has 0 aromatic heterocycles. The van der Waals surface area contributed by atoms with Crippen LogP contribution in [0.2, 0.25) is 10.0 Å². The van der Waals surface area contributed by atoms with Gasteiger partial charge in [-0.15, -0.1) is 0 Å². The summed E-state index contributed by atoms with van der Waals surface area (Å²) in [5.41, 5.74) is 0.843. The molecular formula is C29H33Cl2N3O4. The number of anilines is 1. The van der Waals surface area contributed by atoms with Crippen molar-refractivity contribution in [2.24, 2.45) is 0 Å². The molecule has 9 heteroatoms. The molecule has 4 rings (SSSR count). The fraction of sp³-hybridized carbons (Fsp3) is 0.414. The van der Waals surface area contributed by atoms with Gasteiger partial charge < -0.3 is 20.6 Å². The second kappa shape index (κ2) is 10.7. The number of fused-ring (bicyclic) bond motifs is 2. The minimum absolute atomic E-state index is 0.00368. The first-order valence-electron chi connectivity index (χ1n) is 12.7. The summed E-state index contributed by atoms with van der Waals surface area (Å²) in [7, 11) is 0. The molecule has 2 heterocycles. The topological polar surface area (TPSA) is 98.7 Å². The van der Waals surface area contributed by atoms with E-state index in [0.717, 1.165) is 16.7 Å². The highest BCUT2D eigenvalue weighted by Crippen LogP contribution is 2.57. The van der Waals surface area contributed by atoms with Gasteiger partial charge >= 0.3 is 0 Å². The molecule has 0 radical (unpaired) electrons. The lowest BCUT2D eigenvalue weighted by molar-refractivity contribution is -0.147. The van der Waals surface area contributed by atoms with Crippen molar-refractivity contribution in [3.05, 3.63) is 75.3 Å². The summed E-state index contributed by atoms with van der Waals surface area (Å²) >= 11 is 12.7. The number of halogens is 2. The number of piperidine rings is 1. The number of aliphatic hydroxyl groups is 1. The van der Waals surface area contributed by atoms with Gasteiger partial charge in [-0.1, -0.05) is 60.0 Å². The van der Waals surface area contributed by atoms with Gasteiger partial charge in [0.15, 0.2) is 0 Å². The van der Waals surface area contributed by atoms with E-state index in [1.807, 2.05) is 38.1 Å². The number of likely N-dealkylation sites (tertiary alicyclic amines) is 1. The molecule has 0 saturated carbocycles. The van der Waals surface area contributed by atoms with E-state index in [4.69, 9.17) is 23.2 Å². The van der Waals surface area contributed by atoms with E-state index in [9.17, 15) is 19.5 Å². The van der Waals surface area contributed by atoms with Crippen LogP contribution in [0.5, 0.6) is 0 Å². The average Bonchev–Trinajstić information content (AvgIpc) is 3.14. The van der Waals surface area contributed by atoms with Crippen LogP contribution in [-0.4, -0.2) is 52.5 Å². The van der Waals surface area contributed by atoms with Crippen molar-refractivity contribution in [1.82, 2.24) is 10.2 Å². The van der Waals surface area contributed by atoms with Crippen LogP contribution in [0.3, 0.4) is 0 Å². The van der Waals surface area contributed by atoms with Crippen LogP contribution in [-0.2, 0) is 19.8 Å². The summed E-state index contributed by atoms with van der Waals surface area (Å²) in [5, 5.41) is 16.5. The third kappa shape index (κ3) is 4.83. The Balaban J connectivity index is 1.96. The van der Waals surface area contributed by atoms with Gasteiger partial charge in [-0.05, 0) is 62.6 Å². The molecule has 3 N–H and O–H groups in total. The van der Waals surface area contributed by atoms with E-state index in [0.29, 0.717) is 22.2 Å². The molecule has 202 valence electrons. The van der Waals surface area contributed by atoms with Gasteiger partial charge in [0.25, 0.3) is 0 Å². The first kappa shape index (κ1) is 28.1. The van der Waals surface area contributed by atoms with Crippen molar-refractivity contribution in [3.63, 3.8) is 0 Å². The Morgan fingerprint density at radius 1 is 1.21 bits per heavy atom. The number of carbonyl (C=O) groups excluding carboxylic acids is 3. The number of nitrogens with one attached hydrogen (secondary N) is 2. The number of amides is 3. The highest BCUT2D eigenvalue weighted by molar-refractivity contribution is 6.31. The molecule has 1 fully saturated rings. The van der Waals surface area contributed by atoms with Crippen LogP contribution in [0, 0.1) is 0 Å². The van der Waals surface area contributed by atoms with Gasteiger partial charge in [0, 0.05) is 28.1 Å². The maximum atomic E-state index is 14.3. The molecule has 3 atom stereocenters. The van der Waals surface area contributed by atoms with Gasteiger partial charge in [-0.3, -0.25) is 14.4 Å². The Labute approximate surface area is 233 Å². The fourth-order valence-electron chi connectivity index (χ4n) is 5.92. The van der Waals surface area contributed by atoms with Crippen molar-refractivity contribution >= 4 is 46.6 Å². The molecule has 2 unspecified atom stereocenters. The lowest BCUT2D eigenvalue weighted by atomic mass is 9.58. The Kier molecular flexibility index (Phi) is 7.94. The quantitative estimate of drug-likeness (QED) is 0.425. The van der Waals surface area contributed by atoms with E-state index >= 15 is 0 Å². The highest BCUT2D eigenvalue weighted by Gasteiger charge is 2.63. The van der Waals surface area contributed by atoms with E-state index in [1.165, 1.54) is 4.90 Å². The van der Waals surface area contributed by atoms with Gasteiger partial charge in [-0.25, -0.2) is 0 Å². The number of benzene rings is 2. The van der Waals surface area contributed by atoms with E-state index in [1.54, 1.807) is 38.1 Å². The number of carbonyl (C=O) groups is 3. The maximum absolute atomic E-state index is 14.3. The SMILES string of the molecule is CC=C(CC)C1N(CC(=O)NC(C)(C)CO)C(=O)C[C@@H](c2cccc(Cl)c2)C12C(=O)Nc1cc(Cl)ccc12. The largest absolute Gasteiger partial charge is 0.394 e. The average molecular weight is 559 g/mol. The Hall–Kier alpha value is -2.87. The second-order valence-electron chi connectivity index (χ2n) is 10.6. The van der Waals surface area contributed by atoms with Crippen molar-refractivity contribution < 1.29 is 19.5 Å². The first-order chi connectivity index (χ1) is 18.0. The van der Waals surface area contributed by atoms with Crippen molar-refractivity contribution in [3.8, 4) is 0 Å². The Morgan fingerprint density at radius 2 is 1.92 bits per heavy atom. The monoisotopic (exact) mass is 557 g/mol. The van der Waals surface area contributed by atoms with Gasteiger partial charge in [0.2, 0.25) is 17.7 Å². The zero-order chi connectivity index (χ0) is 27.8. The molecule has 38 heavy (non-hydrogen) atoms. The minimum atomic E-state index is -1.23. The number of rotatable bonds is 7. The third-order valence-electron chi connectivity index (χ3n) is 7.61.